The molecule has 3 heteroatoms. The van der Waals surface area contributed by atoms with Gasteiger partial charge in [0.15, 0.2) is 0 Å². The van der Waals surface area contributed by atoms with E-state index in [9.17, 15) is 0 Å². The van der Waals surface area contributed by atoms with Crippen LogP contribution in [-0.4, -0.2) is 25.3 Å². The van der Waals surface area contributed by atoms with E-state index < -0.39 is 0 Å². The predicted molar refractivity (Wildman–Crippen MR) is 56.0 cm³/mol. The summed E-state index contributed by atoms with van der Waals surface area (Å²) in [5.41, 5.74) is 2.78. The molecule has 2 atom stereocenters. The van der Waals surface area contributed by atoms with Crippen molar-refractivity contribution in [1.82, 2.24) is 5.32 Å². The molecule has 1 aliphatic heterocycles. The van der Waals surface area contributed by atoms with Crippen LogP contribution in [0.25, 0.3) is 0 Å². The van der Waals surface area contributed by atoms with Crippen LogP contribution in [0.1, 0.15) is 26.7 Å². The Morgan fingerprint density at radius 1 is 1.77 bits per heavy atom. The molecule has 0 amide bonds. The maximum absolute atomic E-state index is 5.57. The summed E-state index contributed by atoms with van der Waals surface area (Å²) in [6.07, 6.45) is 2.77. The summed E-state index contributed by atoms with van der Waals surface area (Å²) in [6.45, 7) is 5.95. The second-order valence-electron chi connectivity index (χ2n) is 3.68. The van der Waals surface area contributed by atoms with Crippen LogP contribution in [-0.2, 0) is 4.74 Å². The summed E-state index contributed by atoms with van der Waals surface area (Å²) in [7, 11) is 0. The van der Waals surface area contributed by atoms with E-state index in [0.29, 0.717) is 12.1 Å². The van der Waals surface area contributed by atoms with Crippen molar-refractivity contribution in [3.8, 4) is 0 Å². The van der Waals surface area contributed by atoms with Crippen molar-refractivity contribution in [3.05, 3.63) is 11.1 Å². The van der Waals surface area contributed by atoms with Crippen LogP contribution in [0.5, 0.6) is 0 Å². The number of rotatable bonds is 4. The van der Waals surface area contributed by atoms with Gasteiger partial charge in [-0.1, -0.05) is 11.6 Å². The van der Waals surface area contributed by atoms with Gasteiger partial charge in [0.05, 0.1) is 6.10 Å². The lowest BCUT2D eigenvalue weighted by Gasteiger charge is -2.19. The highest BCUT2D eigenvalue weighted by molar-refractivity contribution is 6.25. The Labute approximate surface area is 85.3 Å². The van der Waals surface area contributed by atoms with Gasteiger partial charge in [0.2, 0.25) is 0 Å². The van der Waals surface area contributed by atoms with Crippen LogP contribution in [0, 0.1) is 0 Å². The van der Waals surface area contributed by atoms with Crippen molar-refractivity contribution in [2.45, 2.75) is 38.8 Å². The van der Waals surface area contributed by atoms with Gasteiger partial charge in [0.25, 0.3) is 0 Å². The van der Waals surface area contributed by atoms with E-state index in [0.717, 1.165) is 18.7 Å². The van der Waals surface area contributed by atoms with Crippen LogP contribution in [0.3, 0.4) is 0 Å². The van der Waals surface area contributed by atoms with E-state index in [1.165, 1.54) is 12.8 Å². The van der Waals surface area contributed by atoms with Gasteiger partial charge < -0.3 is 10.1 Å². The summed E-state index contributed by atoms with van der Waals surface area (Å²) in [5, 5.41) is 3.40. The van der Waals surface area contributed by atoms with E-state index in [2.05, 4.69) is 12.2 Å². The predicted octanol–water partition coefficient (Wildman–Crippen LogP) is 2.29. The fraction of sp³-hybridized carbons (Fsp3) is 0.800. The van der Waals surface area contributed by atoms with E-state index in [4.69, 9.17) is 16.3 Å². The van der Waals surface area contributed by atoms with Crippen LogP contribution in [0.15, 0.2) is 11.1 Å². The number of ether oxygens (including phenoxy) is 1. The molecule has 0 aromatic heterocycles. The normalized spacial score (nSPS) is 26.4. The summed E-state index contributed by atoms with van der Waals surface area (Å²) >= 11 is 5.56. The van der Waals surface area contributed by atoms with Gasteiger partial charge in [-0.2, -0.15) is 0 Å². The average Bonchev–Trinajstić information content (AvgIpc) is 2.66. The minimum Gasteiger partial charge on any atom is -0.377 e. The first kappa shape index (κ1) is 11.0. The molecule has 2 unspecified atom stereocenters. The summed E-state index contributed by atoms with van der Waals surface area (Å²) in [5.74, 6) is 0. The molecule has 2 nitrogen and oxygen atoms in total. The molecule has 0 saturated carbocycles. The Morgan fingerprint density at radius 2 is 2.54 bits per heavy atom. The van der Waals surface area contributed by atoms with Crippen molar-refractivity contribution < 1.29 is 4.74 Å². The molecule has 1 heterocycles. The molecule has 1 aliphatic rings. The third kappa shape index (κ3) is 3.67. The van der Waals surface area contributed by atoms with E-state index in [1.54, 1.807) is 5.54 Å². The lowest BCUT2D eigenvalue weighted by atomic mass is 10.1. The summed E-state index contributed by atoms with van der Waals surface area (Å²) in [6, 6.07) is 0.425. The topological polar surface area (TPSA) is 21.3 Å². The largest absolute Gasteiger partial charge is 0.377 e. The molecule has 1 N–H and O–H groups in total. The molecule has 1 saturated heterocycles. The Morgan fingerprint density at radius 3 is 3.08 bits per heavy atom. The maximum atomic E-state index is 5.57. The van der Waals surface area contributed by atoms with Crippen molar-refractivity contribution >= 4 is 11.6 Å². The smallest absolute Gasteiger partial charge is 0.0726 e. The fourth-order valence-corrected chi connectivity index (χ4v) is 1.57. The van der Waals surface area contributed by atoms with Gasteiger partial charge in [0, 0.05) is 24.7 Å². The van der Waals surface area contributed by atoms with Gasteiger partial charge in [-0.15, -0.1) is 0 Å². The zero-order valence-corrected chi connectivity index (χ0v) is 9.10. The van der Waals surface area contributed by atoms with Crippen molar-refractivity contribution in [1.29, 1.82) is 0 Å². The lowest BCUT2D eigenvalue weighted by molar-refractivity contribution is 0.0847. The molecule has 0 radical (unpaired) electrons. The standard InChI is InChI=1S/C10H18ClNO/c1-8(6-11)7-12-9(2)10-4-3-5-13-10/h6,9-10,12H,3-5,7H2,1-2H3. The third-order valence-corrected chi connectivity index (χ3v) is 2.78. The molecular weight excluding hydrogens is 186 g/mol. The molecule has 0 bridgehead atoms. The molecular formula is C10H18ClNO. The first-order valence-corrected chi connectivity index (χ1v) is 5.28. The molecule has 0 aromatic rings. The van der Waals surface area contributed by atoms with Gasteiger partial charge in [-0.3, -0.25) is 0 Å². The van der Waals surface area contributed by atoms with Crippen molar-refractivity contribution in [3.63, 3.8) is 0 Å². The molecule has 1 rings (SSSR count). The van der Waals surface area contributed by atoms with Gasteiger partial charge in [-0.05, 0) is 32.3 Å². The minimum atomic E-state index is 0.392. The minimum absolute atomic E-state index is 0.392. The second-order valence-corrected chi connectivity index (χ2v) is 3.89. The quantitative estimate of drug-likeness (QED) is 0.757. The fourth-order valence-electron chi connectivity index (χ4n) is 1.49. The highest BCUT2D eigenvalue weighted by atomic mass is 35.5. The number of hydrogen-bond acceptors (Lipinski definition) is 2. The zero-order chi connectivity index (χ0) is 9.68. The number of halogens is 1. The maximum Gasteiger partial charge on any atom is 0.0726 e. The Hall–Kier alpha value is -0.0500. The van der Waals surface area contributed by atoms with Gasteiger partial charge in [0.1, 0.15) is 0 Å². The molecule has 13 heavy (non-hydrogen) atoms. The van der Waals surface area contributed by atoms with Crippen LogP contribution in [0.2, 0.25) is 0 Å². The monoisotopic (exact) mass is 203 g/mol. The first-order valence-electron chi connectivity index (χ1n) is 4.85. The molecule has 1 fully saturated rings. The third-order valence-electron chi connectivity index (χ3n) is 2.41. The van der Waals surface area contributed by atoms with Gasteiger partial charge >= 0.3 is 0 Å². The average molecular weight is 204 g/mol. The highest BCUT2D eigenvalue weighted by Gasteiger charge is 2.21. The second kappa shape index (κ2) is 5.63. The van der Waals surface area contributed by atoms with Crippen LogP contribution < -0.4 is 5.32 Å². The van der Waals surface area contributed by atoms with E-state index in [1.807, 2.05) is 6.92 Å². The van der Waals surface area contributed by atoms with E-state index >= 15 is 0 Å². The highest BCUT2D eigenvalue weighted by Crippen LogP contribution is 2.15. The Balaban J connectivity index is 2.20. The van der Waals surface area contributed by atoms with Gasteiger partial charge in [-0.25, -0.2) is 0 Å². The van der Waals surface area contributed by atoms with Crippen LogP contribution in [0.4, 0.5) is 0 Å². The lowest BCUT2D eigenvalue weighted by Crippen LogP contribution is -2.37. The first-order chi connectivity index (χ1) is 6.24. The van der Waals surface area contributed by atoms with Crippen LogP contribution >= 0.6 is 11.6 Å². The molecule has 0 aromatic carbocycles. The Kier molecular flexibility index (Phi) is 4.78. The summed E-state index contributed by atoms with van der Waals surface area (Å²) in [4.78, 5) is 0. The zero-order valence-electron chi connectivity index (χ0n) is 8.35. The molecule has 76 valence electrons. The SMILES string of the molecule is CC(=CCl)CNC(C)C1CCCO1. The van der Waals surface area contributed by atoms with E-state index in [-0.39, 0.29) is 0 Å². The molecule has 0 aliphatic carbocycles. The van der Waals surface area contributed by atoms with Crippen molar-refractivity contribution in [2.24, 2.45) is 0 Å². The number of nitrogens with one attached hydrogen (secondary N) is 1. The molecule has 0 spiro atoms. The van der Waals surface area contributed by atoms with Crippen molar-refractivity contribution in [2.75, 3.05) is 13.2 Å². The number of hydrogen-bond donors (Lipinski definition) is 1. The Bertz CT molecular complexity index is 176. The summed E-state index contributed by atoms with van der Waals surface area (Å²) < 4.78 is 5.57.